The van der Waals surface area contributed by atoms with Crippen molar-refractivity contribution in [3.63, 3.8) is 0 Å². The number of nitrogens with zero attached hydrogens (tertiary/aromatic N) is 4. The Labute approximate surface area is 388 Å². The molecule has 4 aromatic rings. The normalized spacial score (nSPS) is 20.5. The monoisotopic (exact) mass is 902 g/mol. The van der Waals surface area contributed by atoms with Crippen molar-refractivity contribution < 1.29 is 33.4 Å². The number of aryl methyl sites for hydroxylation is 1. The fourth-order valence-corrected chi connectivity index (χ4v) is 10.1. The van der Waals surface area contributed by atoms with Gasteiger partial charge in [-0.2, -0.15) is 0 Å². The summed E-state index contributed by atoms with van der Waals surface area (Å²) in [5, 5.41) is 5.55. The number of carbonyl (C=O) groups is 5. The second-order valence-corrected chi connectivity index (χ2v) is 19.3. The van der Waals surface area contributed by atoms with Gasteiger partial charge in [0, 0.05) is 74.3 Å². The van der Waals surface area contributed by atoms with E-state index in [4.69, 9.17) is 15.2 Å². The number of rotatable bonds is 11. The molecule has 1 unspecified atom stereocenters. The number of benzene rings is 3. The van der Waals surface area contributed by atoms with Crippen LogP contribution >= 0.6 is 0 Å². The summed E-state index contributed by atoms with van der Waals surface area (Å²) in [6.45, 7) is 16.1. The smallest absolute Gasteiger partial charge is 0.324 e. The maximum Gasteiger partial charge on any atom is 0.324 e. The van der Waals surface area contributed by atoms with Crippen LogP contribution in [0.15, 0.2) is 73.3 Å². The SMILES string of the molecule is C=CC(=O)N1CC[C@H](C(=O)N(C)C(C(=O)N[C@H]2Cc3cc(N)cc(c3)-c3ccc4c(c3)c(c(-c3ccccc3CCOC)n4CC)CC(C)(C)COC(=O)[C@@H]3CCCN(N3)C2=O)C(C)C)C1. The van der Waals surface area contributed by atoms with Crippen molar-refractivity contribution in [1.82, 2.24) is 30.1 Å². The van der Waals surface area contributed by atoms with Gasteiger partial charge in [0.25, 0.3) is 5.91 Å². The van der Waals surface area contributed by atoms with Gasteiger partial charge in [0.05, 0.1) is 24.8 Å². The molecule has 14 heteroatoms. The summed E-state index contributed by atoms with van der Waals surface area (Å²) in [7, 11) is 3.32. The minimum Gasteiger partial charge on any atom is -0.464 e. The van der Waals surface area contributed by atoms with Gasteiger partial charge in [-0.25, -0.2) is 5.43 Å². The molecule has 7 rings (SSSR count). The molecule has 6 bridgehead atoms. The maximum absolute atomic E-state index is 14.7. The van der Waals surface area contributed by atoms with E-state index >= 15 is 0 Å². The summed E-state index contributed by atoms with van der Waals surface area (Å²) >= 11 is 0. The standard InChI is InChI=1S/C52H67N7O7/c1-9-45(60)57-22-19-36(30-57)49(62)56(7)46(32(3)4)48(61)54-43-26-33-24-37(27-38(53)25-33)35-17-18-44-40(28-35)41(47(58(44)10-2)39-15-12-11-14-34(39)20-23-65-8)29-52(5,6)31-66-51(64)42-16-13-21-59(55-42)50(43)63/h9,11-12,14-15,17-18,24-25,27-28,32,36,42-43,46,55H,1,10,13,16,19-23,26,29-31,53H2,2-8H3,(H,54,61)/t36-,42-,43-,46?/m0/s1. The number of nitrogen functional groups attached to an aromatic ring is 1. The first kappa shape index (κ1) is 48.0. The van der Waals surface area contributed by atoms with Crippen molar-refractivity contribution in [3.8, 4) is 22.4 Å². The number of aromatic nitrogens is 1. The largest absolute Gasteiger partial charge is 0.464 e. The van der Waals surface area contributed by atoms with E-state index in [9.17, 15) is 24.0 Å². The topological polar surface area (TPSA) is 169 Å². The van der Waals surface area contributed by atoms with Gasteiger partial charge >= 0.3 is 5.97 Å². The Balaban J connectivity index is 1.30. The average Bonchev–Trinajstić information content (AvgIpc) is 3.91. The van der Waals surface area contributed by atoms with Gasteiger partial charge in [0.1, 0.15) is 18.1 Å². The zero-order valence-electron chi connectivity index (χ0n) is 39.7. The number of anilines is 1. The quantitative estimate of drug-likeness (QED) is 0.0939. The Kier molecular flexibility index (Phi) is 14.7. The third-order valence-corrected chi connectivity index (χ3v) is 13.4. The first-order chi connectivity index (χ1) is 31.5. The Hall–Kier alpha value is -5.99. The molecular formula is C52H67N7O7. The lowest BCUT2D eigenvalue weighted by Gasteiger charge is -2.37. The molecule has 3 aromatic carbocycles. The van der Waals surface area contributed by atoms with Crippen LogP contribution in [0.4, 0.5) is 5.69 Å². The fraction of sp³-hybridized carbons (Fsp3) is 0.481. The Morgan fingerprint density at radius 3 is 2.56 bits per heavy atom. The van der Waals surface area contributed by atoms with Crippen LogP contribution in [0.2, 0.25) is 0 Å². The number of likely N-dealkylation sites (N-methyl/N-ethyl adjacent to an activating group) is 1. The van der Waals surface area contributed by atoms with E-state index in [1.54, 1.807) is 19.1 Å². The van der Waals surface area contributed by atoms with E-state index in [1.807, 2.05) is 32.0 Å². The van der Waals surface area contributed by atoms with E-state index < -0.39 is 47.2 Å². The number of methoxy groups -OCH3 is 1. The Bertz CT molecular complexity index is 2490. The van der Waals surface area contributed by atoms with E-state index in [1.165, 1.54) is 21.5 Å². The van der Waals surface area contributed by atoms with Crippen LogP contribution in [-0.2, 0) is 59.3 Å². The first-order valence-corrected chi connectivity index (χ1v) is 23.4. The zero-order valence-corrected chi connectivity index (χ0v) is 39.7. The highest BCUT2D eigenvalue weighted by Crippen LogP contribution is 2.41. The number of ether oxygens (including phenoxy) is 2. The molecule has 352 valence electrons. The number of amides is 4. The number of hydrazine groups is 1. The lowest BCUT2D eigenvalue weighted by atomic mass is 9.83. The highest BCUT2D eigenvalue weighted by Gasteiger charge is 2.40. The third kappa shape index (κ3) is 10.2. The summed E-state index contributed by atoms with van der Waals surface area (Å²) in [5.74, 6) is -2.66. The molecule has 4 amide bonds. The van der Waals surface area contributed by atoms with Crippen molar-refractivity contribution in [2.24, 2.45) is 17.3 Å². The van der Waals surface area contributed by atoms with Crippen molar-refractivity contribution >= 4 is 46.2 Å². The predicted molar refractivity (Wildman–Crippen MR) is 257 cm³/mol. The molecule has 14 nitrogen and oxygen atoms in total. The number of carbonyl (C=O) groups excluding carboxylic acids is 5. The van der Waals surface area contributed by atoms with Crippen LogP contribution in [0.1, 0.15) is 70.6 Å². The number of cyclic esters (lactones) is 1. The fourth-order valence-electron chi connectivity index (χ4n) is 10.1. The second kappa shape index (κ2) is 20.3. The highest BCUT2D eigenvalue weighted by molar-refractivity contribution is 5.96. The van der Waals surface area contributed by atoms with Gasteiger partial charge in [-0.05, 0) is 103 Å². The van der Waals surface area contributed by atoms with Crippen molar-refractivity contribution in [2.75, 3.05) is 52.7 Å². The number of nitrogens with one attached hydrogen (secondary N) is 2. The van der Waals surface area contributed by atoms with Gasteiger partial charge in [-0.15, -0.1) is 0 Å². The van der Waals surface area contributed by atoms with E-state index in [0.29, 0.717) is 51.1 Å². The molecule has 3 aliphatic heterocycles. The van der Waals surface area contributed by atoms with Gasteiger partial charge in [-0.1, -0.05) is 70.7 Å². The zero-order chi connectivity index (χ0) is 47.4. The number of esters is 1. The van der Waals surface area contributed by atoms with Crippen LogP contribution in [-0.4, -0.2) is 114 Å². The molecule has 2 fully saturated rings. The second-order valence-electron chi connectivity index (χ2n) is 19.3. The lowest BCUT2D eigenvalue weighted by Crippen LogP contribution is -2.62. The molecule has 4 atom stereocenters. The molecule has 4 heterocycles. The summed E-state index contributed by atoms with van der Waals surface area (Å²) in [6.07, 6.45) is 4.15. The molecule has 3 aliphatic rings. The van der Waals surface area contributed by atoms with Gasteiger partial charge in [0.15, 0.2) is 0 Å². The molecular weight excluding hydrogens is 835 g/mol. The number of nitrogens with two attached hydrogens (primary N) is 1. The van der Waals surface area contributed by atoms with Gasteiger partial charge in [-0.3, -0.25) is 29.0 Å². The summed E-state index contributed by atoms with van der Waals surface area (Å²) in [4.78, 5) is 72.5. The van der Waals surface area contributed by atoms with Gasteiger partial charge < -0.3 is 34.9 Å². The number of fused-ring (bicyclic) bond motifs is 6. The number of hydrogen-bond donors (Lipinski definition) is 3. The Morgan fingerprint density at radius 1 is 1.06 bits per heavy atom. The van der Waals surface area contributed by atoms with E-state index in [0.717, 1.165) is 57.4 Å². The molecule has 0 aliphatic carbocycles. The maximum atomic E-state index is 14.7. The van der Waals surface area contributed by atoms with Crippen LogP contribution in [0.25, 0.3) is 33.3 Å². The highest BCUT2D eigenvalue weighted by atomic mass is 16.5. The van der Waals surface area contributed by atoms with Crippen molar-refractivity contribution in [3.05, 3.63) is 90.0 Å². The minimum absolute atomic E-state index is 0.0793. The predicted octanol–water partition coefficient (Wildman–Crippen LogP) is 5.93. The van der Waals surface area contributed by atoms with Crippen molar-refractivity contribution in [2.45, 2.75) is 97.8 Å². The average molecular weight is 902 g/mol. The van der Waals surface area contributed by atoms with Crippen LogP contribution in [0.5, 0.6) is 0 Å². The molecule has 66 heavy (non-hydrogen) atoms. The summed E-state index contributed by atoms with van der Waals surface area (Å²) in [6, 6.07) is 17.9. The van der Waals surface area contributed by atoms with Crippen LogP contribution < -0.4 is 16.5 Å². The van der Waals surface area contributed by atoms with Gasteiger partial charge in [0.2, 0.25) is 17.7 Å². The van der Waals surface area contributed by atoms with Crippen LogP contribution in [0, 0.1) is 17.3 Å². The van der Waals surface area contributed by atoms with Crippen LogP contribution in [0.3, 0.4) is 0 Å². The third-order valence-electron chi connectivity index (χ3n) is 13.4. The summed E-state index contributed by atoms with van der Waals surface area (Å²) in [5.41, 5.74) is 18.0. The molecule has 4 N–H and O–H groups in total. The lowest BCUT2D eigenvalue weighted by molar-refractivity contribution is -0.155. The molecule has 0 spiro atoms. The Morgan fingerprint density at radius 2 is 1.83 bits per heavy atom. The molecule has 2 saturated heterocycles. The molecule has 1 aromatic heterocycles. The molecule has 0 radical (unpaired) electrons. The number of hydrogen-bond acceptors (Lipinski definition) is 9. The van der Waals surface area contributed by atoms with E-state index in [2.05, 4.69) is 85.1 Å². The minimum atomic E-state index is -1.10. The first-order valence-electron chi connectivity index (χ1n) is 23.4. The van der Waals surface area contributed by atoms with E-state index in [-0.39, 0.29) is 37.3 Å². The summed E-state index contributed by atoms with van der Waals surface area (Å²) < 4.78 is 14.0. The number of likely N-dealkylation sites (tertiary alicyclic amines) is 1. The molecule has 0 saturated carbocycles. The van der Waals surface area contributed by atoms with Crippen molar-refractivity contribution in [1.29, 1.82) is 0 Å².